The second kappa shape index (κ2) is 10.1. The third kappa shape index (κ3) is 3.85. The van der Waals surface area contributed by atoms with Crippen LogP contribution in [0.25, 0.3) is 81.0 Å². The Morgan fingerprint density at radius 1 is 0.364 bits per heavy atom. The lowest BCUT2D eigenvalue weighted by atomic mass is 9.91. The number of thiophene rings is 1. The fourth-order valence-electron chi connectivity index (χ4n) is 6.89. The Balaban J connectivity index is 1.31. The molecule has 0 bridgehead atoms. The van der Waals surface area contributed by atoms with Crippen LogP contribution in [0, 0.1) is 0 Å². The molecule has 2 heterocycles. The van der Waals surface area contributed by atoms with Crippen molar-refractivity contribution >= 4 is 53.3 Å². The number of aromatic nitrogens is 1. The molecule has 0 aliphatic heterocycles. The van der Waals surface area contributed by atoms with E-state index in [0.717, 1.165) is 0 Å². The molecule has 0 N–H and O–H groups in total. The topological polar surface area (TPSA) is 4.93 Å². The number of hydrogen-bond donors (Lipinski definition) is 0. The highest BCUT2D eigenvalue weighted by Gasteiger charge is 2.19. The number of hydrogen-bond acceptors (Lipinski definition) is 1. The van der Waals surface area contributed by atoms with Crippen LogP contribution in [-0.2, 0) is 0 Å². The van der Waals surface area contributed by atoms with Crippen LogP contribution < -0.4 is 0 Å². The molecule has 0 radical (unpaired) electrons. The van der Waals surface area contributed by atoms with Crippen molar-refractivity contribution in [2.75, 3.05) is 0 Å². The first-order valence-electron chi connectivity index (χ1n) is 15.0. The van der Waals surface area contributed by atoms with E-state index in [0.29, 0.717) is 0 Å². The van der Waals surface area contributed by atoms with Gasteiger partial charge in [-0.2, -0.15) is 0 Å². The van der Waals surface area contributed by atoms with Crippen LogP contribution in [0.2, 0.25) is 0 Å². The molecule has 0 aliphatic rings. The van der Waals surface area contributed by atoms with Crippen molar-refractivity contribution in [3.63, 3.8) is 0 Å². The zero-order valence-electron chi connectivity index (χ0n) is 23.9. The normalized spacial score (nSPS) is 11.6. The van der Waals surface area contributed by atoms with E-state index in [4.69, 9.17) is 0 Å². The van der Waals surface area contributed by atoms with Gasteiger partial charge in [0.1, 0.15) is 0 Å². The molecule has 0 fully saturated rings. The maximum absolute atomic E-state index is 2.45. The van der Waals surface area contributed by atoms with Crippen molar-refractivity contribution in [2.45, 2.75) is 0 Å². The summed E-state index contributed by atoms with van der Waals surface area (Å²) in [7, 11) is 0. The van der Waals surface area contributed by atoms with Crippen LogP contribution in [0.1, 0.15) is 0 Å². The Morgan fingerprint density at radius 2 is 0.977 bits per heavy atom. The predicted molar refractivity (Wildman–Crippen MR) is 190 cm³/mol. The minimum Gasteiger partial charge on any atom is -0.309 e. The lowest BCUT2D eigenvalue weighted by Gasteiger charge is -2.17. The van der Waals surface area contributed by atoms with E-state index in [1.165, 1.54) is 81.0 Å². The van der Waals surface area contributed by atoms with E-state index in [1.807, 2.05) is 11.3 Å². The number of para-hydroxylation sites is 2. The average molecular weight is 578 g/mol. The Labute approximate surface area is 259 Å². The first-order chi connectivity index (χ1) is 21.8. The quantitative estimate of drug-likeness (QED) is 0.196. The van der Waals surface area contributed by atoms with Gasteiger partial charge in [0.05, 0.1) is 16.7 Å². The molecule has 0 saturated heterocycles. The minimum atomic E-state index is 1.18. The van der Waals surface area contributed by atoms with Gasteiger partial charge >= 0.3 is 0 Å². The van der Waals surface area contributed by atoms with Gasteiger partial charge in [0, 0.05) is 36.5 Å². The second-order valence-electron chi connectivity index (χ2n) is 11.3. The molecule has 0 unspecified atom stereocenters. The number of fused-ring (bicyclic) bond motifs is 6. The molecule has 2 heteroatoms. The zero-order chi connectivity index (χ0) is 29.0. The molecule has 206 valence electrons. The maximum Gasteiger partial charge on any atom is 0.0541 e. The van der Waals surface area contributed by atoms with Gasteiger partial charge in [-0.1, -0.05) is 127 Å². The zero-order valence-corrected chi connectivity index (χ0v) is 24.8. The number of nitrogens with zero attached hydrogens (tertiary/aromatic N) is 1. The fourth-order valence-corrected chi connectivity index (χ4v) is 8.02. The molecule has 0 aliphatic carbocycles. The van der Waals surface area contributed by atoms with Crippen LogP contribution in [0.5, 0.6) is 0 Å². The summed E-state index contributed by atoms with van der Waals surface area (Å²) in [5, 5.41) is 5.18. The van der Waals surface area contributed by atoms with Crippen molar-refractivity contribution in [3.05, 3.63) is 164 Å². The lowest BCUT2D eigenvalue weighted by molar-refractivity contribution is 1.18. The van der Waals surface area contributed by atoms with Gasteiger partial charge in [-0.3, -0.25) is 0 Å². The van der Waals surface area contributed by atoms with E-state index in [1.54, 1.807) is 0 Å². The molecule has 9 rings (SSSR count). The van der Waals surface area contributed by atoms with Crippen LogP contribution in [0.15, 0.2) is 164 Å². The van der Waals surface area contributed by atoms with Crippen molar-refractivity contribution in [3.8, 4) is 39.1 Å². The molecular formula is C42H27NS. The van der Waals surface area contributed by atoms with E-state index in [-0.39, 0.29) is 0 Å². The van der Waals surface area contributed by atoms with E-state index in [9.17, 15) is 0 Å². The van der Waals surface area contributed by atoms with E-state index in [2.05, 4.69) is 168 Å². The van der Waals surface area contributed by atoms with Gasteiger partial charge in [0.2, 0.25) is 0 Å². The average Bonchev–Trinajstić information content (AvgIpc) is 3.64. The van der Waals surface area contributed by atoms with Crippen LogP contribution >= 0.6 is 11.3 Å². The Kier molecular flexibility index (Phi) is 5.75. The monoisotopic (exact) mass is 577 g/mol. The van der Waals surface area contributed by atoms with Crippen molar-refractivity contribution in [1.82, 2.24) is 4.57 Å². The van der Waals surface area contributed by atoms with E-state index < -0.39 is 0 Å². The third-order valence-electron chi connectivity index (χ3n) is 8.83. The van der Waals surface area contributed by atoms with E-state index >= 15 is 0 Å². The molecule has 1 nitrogen and oxygen atoms in total. The van der Waals surface area contributed by atoms with Gasteiger partial charge in [0.15, 0.2) is 0 Å². The summed E-state index contributed by atoms with van der Waals surface area (Å²) in [5.74, 6) is 0. The minimum absolute atomic E-state index is 1.18. The van der Waals surface area contributed by atoms with Crippen LogP contribution in [-0.4, -0.2) is 4.57 Å². The first-order valence-corrected chi connectivity index (χ1v) is 15.8. The highest BCUT2D eigenvalue weighted by molar-refractivity contribution is 7.25. The summed E-state index contributed by atoms with van der Waals surface area (Å²) < 4.78 is 5.10. The first kappa shape index (κ1) is 25.1. The van der Waals surface area contributed by atoms with Crippen molar-refractivity contribution < 1.29 is 0 Å². The summed E-state index contributed by atoms with van der Waals surface area (Å²) in [6.45, 7) is 0. The number of rotatable bonds is 4. The highest BCUT2D eigenvalue weighted by atomic mass is 32.1. The van der Waals surface area contributed by atoms with Gasteiger partial charge in [-0.25, -0.2) is 0 Å². The fraction of sp³-hybridized carbons (Fsp3) is 0. The van der Waals surface area contributed by atoms with Crippen LogP contribution in [0.4, 0.5) is 0 Å². The Bertz CT molecular complexity index is 2500. The van der Waals surface area contributed by atoms with Gasteiger partial charge in [0.25, 0.3) is 0 Å². The second-order valence-corrected chi connectivity index (χ2v) is 12.4. The Hall–Kier alpha value is -5.44. The molecule has 44 heavy (non-hydrogen) atoms. The molecular weight excluding hydrogens is 551 g/mol. The van der Waals surface area contributed by atoms with Crippen molar-refractivity contribution in [1.29, 1.82) is 0 Å². The standard InChI is InChI=1S/C42H27NS/c1-2-13-28(14-3-1)29-25-26-39-36(27-29)33-18-7-10-22-38(33)43(39)37-21-9-6-17-32(37)30-15-4-5-16-31(30)34-20-12-24-41-42(34)35-19-8-11-23-40(35)44-41/h1-27H. The third-order valence-corrected chi connectivity index (χ3v) is 9.97. The molecule has 0 saturated carbocycles. The molecule has 0 atom stereocenters. The summed E-state index contributed by atoms with van der Waals surface area (Å²) in [4.78, 5) is 0. The predicted octanol–water partition coefficient (Wildman–Crippen LogP) is 12.2. The molecule has 7 aromatic carbocycles. The summed E-state index contributed by atoms with van der Waals surface area (Å²) >= 11 is 1.87. The summed E-state index contributed by atoms with van der Waals surface area (Å²) in [6, 6.07) is 59.6. The SMILES string of the molecule is c1ccc(-c2ccc3c(c2)c2ccccc2n3-c2ccccc2-c2ccccc2-c2cccc3sc4ccccc4c23)cc1. The molecule has 9 aromatic rings. The van der Waals surface area contributed by atoms with Gasteiger partial charge < -0.3 is 4.57 Å². The van der Waals surface area contributed by atoms with Gasteiger partial charge in [-0.15, -0.1) is 11.3 Å². The largest absolute Gasteiger partial charge is 0.309 e. The molecule has 0 spiro atoms. The lowest BCUT2D eigenvalue weighted by Crippen LogP contribution is -1.98. The Morgan fingerprint density at radius 3 is 1.84 bits per heavy atom. The highest BCUT2D eigenvalue weighted by Crippen LogP contribution is 2.44. The number of benzene rings is 7. The summed E-state index contributed by atoms with van der Waals surface area (Å²) in [5.41, 5.74) is 11.0. The molecule has 0 amide bonds. The smallest absolute Gasteiger partial charge is 0.0541 e. The maximum atomic E-state index is 2.45. The summed E-state index contributed by atoms with van der Waals surface area (Å²) in [6.07, 6.45) is 0. The molecule has 2 aromatic heterocycles. The van der Waals surface area contributed by atoms with Gasteiger partial charge in [-0.05, 0) is 64.2 Å². The van der Waals surface area contributed by atoms with Crippen LogP contribution in [0.3, 0.4) is 0 Å². The van der Waals surface area contributed by atoms with Crippen molar-refractivity contribution in [2.24, 2.45) is 0 Å².